The number of rotatable bonds is 4. The maximum atomic E-state index is 11.6. The van der Waals surface area contributed by atoms with Gasteiger partial charge in [-0.15, -0.1) is 10.1 Å². The molecule has 92 valence electrons. The predicted molar refractivity (Wildman–Crippen MR) is 56.2 cm³/mol. The van der Waals surface area contributed by atoms with E-state index in [-0.39, 0.29) is 12.0 Å². The second-order valence-electron chi connectivity index (χ2n) is 4.15. The van der Waals surface area contributed by atoms with Crippen molar-refractivity contribution < 1.29 is 14.7 Å². The minimum Gasteiger partial charge on any atom is -0.341 e. The highest BCUT2D eigenvalue weighted by molar-refractivity contribution is 5.78. The van der Waals surface area contributed by atoms with Crippen LogP contribution in [0, 0.1) is 10.1 Å². The number of carbonyl (C=O) groups is 1. The van der Waals surface area contributed by atoms with Crippen molar-refractivity contribution in [2.75, 3.05) is 33.7 Å². The second kappa shape index (κ2) is 5.64. The number of amides is 1. The van der Waals surface area contributed by atoms with Crippen LogP contribution in [0.5, 0.6) is 0 Å². The molecule has 1 saturated heterocycles. The van der Waals surface area contributed by atoms with Crippen molar-refractivity contribution >= 4 is 5.91 Å². The van der Waals surface area contributed by atoms with Gasteiger partial charge in [-0.3, -0.25) is 4.79 Å². The fraction of sp³-hybridized carbons (Fsp3) is 0.889. The molecule has 0 aliphatic carbocycles. The predicted octanol–water partition coefficient (Wildman–Crippen LogP) is -0.253. The fourth-order valence-corrected chi connectivity index (χ4v) is 1.70. The third kappa shape index (κ3) is 4.01. The number of likely N-dealkylation sites (tertiary alicyclic amines) is 1. The molecule has 7 heteroatoms. The first-order chi connectivity index (χ1) is 7.49. The lowest BCUT2D eigenvalue weighted by atomic mass is 10.1. The number of hydrogen-bond donors (Lipinski definition) is 0. The first-order valence-corrected chi connectivity index (χ1v) is 5.22. The van der Waals surface area contributed by atoms with Crippen molar-refractivity contribution in [1.29, 1.82) is 0 Å². The van der Waals surface area contributed by atoms with Gasteiger partial charge in [0.05, 0.1) is 6.54 Å². The van der Waals surface area contributed by atoms with Crippen LogP contribution in [-0.4, -0.2) is 60.6 Å². The van der Waals surface area contributed by atoms with E-state index in [1.807, 2.05) is 19.0 Å². The normalized spacial score (nSPS) is 17.6. The Morgan fingerprint density at radius 2 is 2.06 bits per heavy atom. The summed E-state index contributed by atoms with van der Waals surface area (Å²) in [5.74, 6) is 0.0598. The monoisotopic (exact) mass is 231 g/mol. The Balaban J connectivity index is 2.31. The lowest BCUT2D eigenvalue weighted by Gasteiger charge is -2.31. The maximum Gasteiger partial charge on any atom is 0.294 e. The van der Waals surface area contributed by atoms with Gasteiger partial charge in [-0.05, 0) is 26.9 Å². The van der Waals surface area contributed by atoms with Crippen molar-refractivity contribution in [3.05, 3.63) is 10.1 Å². The number of likely N-dealkylation sites (N-methyl/N-ethyl adjacent to an activating group) is 1. The molecule has 0 unspecified atom stereocenters. The molecule has 1 aliphatic rings. The first kappa shape index (κ1) is 12.7. The third-order valence-corrected chi connectivity index (χ3v) is 2.48. The molecule has 0 saturated carbocycles. The van der Waals surface area contributed by atoms with Crippen LogP contribution in [0.15, 0.2) is 0 Å². The van der Waals surface area contributed by atoms with Crippen LogP contribution in [0.2, 0.25) is 0 Å². The molecular formula is C9H17N3O4. The van der Waals surface area contributed by atoms with Crippen LogP contribution in [-0.2, 0) is 9.63 Å². The van der Waals surface area contributed by atoms with Crippen molar-refractivity contribution in [2.24, 2.45) is 0 Å². The molecule has 1 fully saturated rings. The summed E-state index contributed by atoms with van der Waals surface area (Å²) in [6.45, 7) is 1.44. The Hall–Kier alpha value is -1.37. The smallest absolute Gasteiger partial charge is 0.294 e. The standard InChI is InChI=1S/C9H17N3O4/c1-10(2)7-9(13)11-5-3-8(4-6-11)16-12(14)15/h8H,3-7H2,1-2H3. The molecule has 0 bridgehead atoms. The molecule has 0 spiro atoms. The van der Waals surface area contributed by atoms with Gasteiger partial charge in [0.15, 0.2) is 0 Å². The molecule has 1 heterocycles. The lowest BCUT2D eigenvalue weighted by Crippen LogP contribution is -2.44. The van der Waals surface area contributed by atoms with Gasteiger partial charge < -0.3 is 14.6 Å². The van der Waals surface area contributed by atoms with Gasteiger partial charge in [-0.2, -0.15) is 0 Å². The van der Waals surface area contributed by atoms with Gasteiger partial charge in [-0.25, -0.2) is 0 Å². The summed E-state index contributed by atoms with van der Waals surface area (Å²) < 4.78 is 0. The summed E-state index contributed by atoms with van der Waals surface area (Å²) in [6.07, 6.45) is 0.693. The van der Waals surface area contributed by atoms with Crippen LogP contribution < -0.4 is 0 Å². The number of nitrogens with zero attached hydrogens (tertiary/aromatic N) is 3. The molecule has 1 amide bonds. The largest absolute Gasteiger partial charge is 0.341 e. The van der Waals surface area contributed by atoms with Crippen LogP contribution in [0.4, 0.5) is 0 Å². The van der Waals surface area contributed by atoms with Crippen molar-refractivity contribution in [2.45, 2.75) is 18.9 Å². The molecule has 7 nitrogen and oxygen atoms in total. The van der Waals surface area contributed by atoms with Gasteiger partial charge >= 0.3 is 0 Å². The molecule has 0 aromatic carbocycles. The SMILES string of the molecule is CN(C)CC(=O)N1CCC(O[N+](=O)[O-])CC1. The molecular weight excluding hydrogens is 214 g/mol. The summed E-state index contributed by atoms with van der Waals surface area (Å²) in [4.78, 5) is 29.8. The zero-order valence-corrected chi connectivity index (χ0v) is 9.59. The Morgan fingerprint density at radius 3 is 2.50 bits per heavy atom. The minimum absolute atomic E-state index is 0.0598. The molecule has 0 aromatic heterocycles. The average Bonchev–Trinajstić information content (AvgIpc) is 2.16. The highest BCUT2D eigenvalue weighted by atomic mass is 17.0. The van der Waals surface area contributed by atoms with Crippen LogP contribution in [0.1, 0.15) is 12.8 Å². The van der Waals surface area contributed by atoms with E-state index >= 15 is 0 Å². The van der Waals surface area contributed by atoms with Crippen LogP contribution in [0.3, 0.4) is 0 Å². The van der Waals surface area contributed by atoms with E-state index in [1.54, 1.807) is 4.90 Å². The maximum absolute atomic E-state index is 11.6. The molecule has 0 N–H and O–H groups in total. The molecule has 0 radical (unpaired) electrons. The average molecular weight is 231 g/mol. The van der Waals surface area contributed by atoms with E-state index in [2.05, 4.69) is 4.84 Å². The molecule has 0 atom stereocenters. The zero-order valence-electron chi connectivity index (χ0n) is 9.59. The first-order valence-electron chi connectivity index (χ1n) is 5.22. The summed E-state index contributed by atoms with van der Waals surface area (Å²) in [7, 11) is 3.67. The summed E-state index contributed by atoms with van der Waals surface area (Å²) in [5, 5.41) is 9.36. The van der Waals surface area contributed by atoms with Crippen LogP contribution >= 0.6 is 0 Å². The fourth-order valence-electron chi connectivity index (χ4n) is 1.70. The van der Waals surface area contributed by atoms with E-state index in [4.69, 9.17) is 0 Å². The Bertz CT molecular complexity index is 261. The van der Waals surface area contributed by atoms with Crippen LogP contribution in [0.25, 0.3) is 0 Å². The highest BCUT2D eigenvalue weighted by Crippen LogP contribution is 2.13. The van der Waals surface area contributed by atoms with Crippen molar-refractivity contribution in [1.82, 2.24) is 9.80 Å². The van der Waals surface area contributed by atoms with Gasteiger partial charge in [0, 0.05) is 13.1 Å². The minimum atomic E-state index is -0.762. The van der Waals surface area contributed by atoms with Gasteiger partial charge in [-0.1, -0.05) is 0 Å². The van der Waals surface area contributed by atoms with E-state index < -0.39 is 5.09 Å². The summed E-state index contributed by atoms with van der Waals surface area (Å²) in [5.41, 5.74) is 0. The van der Waals surface area contributed by atoms with Crippen molar-refractivity contribution in [3.8, 4) is 0 Å². The summed E-state index contributed by atoms with van der Waals surface area (Å²) in [6, 6.07) is 0. The molecule has 0 aromatic rings. The second-order valence-corrected chi connectivity index (χ2v) is 4.15. The van der Waals surface area contributed by atoms with Gasteiger partial charge in [0.1, 0.15) is 6.10 Å². The quantitative estimate of drug-likeness (QED) is 0.492. The van der Waals surface area contributed by atoms with Crippen molar-refractivity contribution in [3.63, 3.8) is 0 Å². The molecule has 1 rings (SSSR count). The highest BCUT2D eigenvalue weighted by Gasteiger charge is 2.24. The lowest BCUT2D eigenvalue weighted by molar-refractivity contribution is -0.769. The Kier molecular flexibility index (Phi) is 4.48. The summed E-state index contributed by atoms with van der Waals surface area (Å²) >= 11 is 0. The van der Waals surface area contributed by atoms with E-state index in [0.29, 0.717) is 32.5 Å². The molecule has 1 aliphatic heterocycles. The van der Waals surface area contributed by atoms with E-state index in [9.17, 15) is 14.9 Å². The Morgan fingerprint density at radius 1 is 1.50 bits per heavy atom. The Labute approximate surface area is 94.1 Å². The number of piperidine rings is 1. The molecule has 16 heavy (non-hydrogen) atoms. The third-order valence-electron chi connectivity index (χ3n) is 2.48. The number of carbonyl (C=O) groups excluding carboxylic acids is 1. The van der Waals surface area contributed by atoms with Gasteiger partial charge in [0.2, 0.25) is 5.91 Å². The van der Waals surface area contributed by atoms with E-state index in [0.717, 1.165) is 0 Å². The number of hydrogen-bond acceptors (Lipinski definition) is 5. The van der Waals surface area contributed by atoms with Gasteiger partial charge in [0.25, 0.3) is 5.09 Å². The topological polar surface area (TPSA) is 75.9 Å². The van der Waals surface area contributed by atoms with E-state index in [1.165, 1.54) is 0 Å². The zero-order chi connectivity index (χ0) is 12.1.